The maximum atomic E-state index is 13.7. The Morgan fingerprint density at radius 3 is 2.33 bits per heavy atom. The monoisotopic (exact) mass is 464 g/mol. The first kappa shape index (κ1) is 25.6. The molecule has 4 N–H and O–H groups in total. The van der Waals surface area contributed by atoms with E-state index in [9.17, 15) is 30.0 Å². The number of phenols is 2. The van der Waals surface area contributed by atoms with E-state index in [1.165, 1.54) is 13.0 Å². The average Bonchev–Trinajstić information content (AvgIpc) is 3.47. The van der Waals surface area contributed by atoms with Gasteiger partial charge in [0.05, 0.1) is 23.9 Å². The van der Waals surface area contributed by atoms with Gasteiger partial charge in [-0.05, 0) is 43.7 Å². The molecule has 1 spiro atoms. The number of rotatable bonds is 9. The molecule has 6 atom stereocenters. The Morgan fingerprint density at radius 1 is 1.18 bits per heavy atom. The lowest BCUT2D eigenvalue weighted by Crippen LogP contribution is -2.55. The zero-order valence-electron chi connectivity index (χ0n) is 20.0. The van der Waals surface area contributed by atoms with E-state index in [1.807, 2.05) is 27.7 Å². The molecular formula is C25H36O8. The van der Waals surface area contributed by atoms with Crippen LogP contribution >= 0.6 is 0 Å². The Kier molecular flexibility index (Phi) is 7.53. The SMILES string of the molecule is CCCC(C(=O)c1cc(CC(C)C)c(O)c(C(C)=O)c1O)[C@H]1C[C@@H](O)[C@@]2(O[C@H]2CC)[C@H](O)O1. The smallest absolute Gasteiger partial charge is 0.189 e. The number of Topliss-reactive ketones (excluding diaryl/α,β-unsaturated/α-hetero) is 2. The van der Waals surface area contributed by atoms with Gasteiger partial charge in [0.2, 0.25) is 0 Å². The number of epoxide rings is 1. The lowest BCUT2D eigenvalue weighted by molar-refractivity contribution is -0.239. The highest BCUT2D eigenvalue weighted by Gasteiger charge is 2.68. The molecule has 1 aromatic carbocycles. The molecule has 184 valence electrons. The van der Waals surface area contributed by atoms with Crippen molar-refractivity contribution >= 4 is 11.6 Å². The van der Waals surface area contributed by atoms with Crippen LogP contribution in [0.5, 0.6) is 11.5 Å². The van der Waals surface area contributed by atoms with Crippen molar-refractivity contribution in [3.63, 3.8) is 0 Å². The van der Waals surface area contributed by atoms with E-state index in [-0.39, 0.29) is 35.3 Å². The minimum atomic E-state index is -1.37. The van der Waals surface area contributed by atoms with Crippen molar-refractivity contribution in [1.82, 2.24) is 0 Å². The van der Waals surface area contributed by atoms with Crippen molar-refractivity contribution < 1.29 is 39.5 Å². The molecule has 0 bridgehead atoms. The predicted molar refractivity (Wildman–Crippen MR) is 120 cm³/mol. The Labute approximate surface area is 194 Å². The molecule has 0 saturated carbocycles. The van der Waals surface area contributed by atoms with Gasteiger partial charge in [0, 0.05) is 12.3 Å². The summed E-state index contributed by atoms with van der Waals surface area (Å²) in [5.41, 5.74) is -1.08. The number of ketones is 2. The van der Waals surface area contributed by atoms with Gasteiger partial charge in [0.1, 0.15) is 17.1 Å². The van der Waals surface area contributed by atoms with Crippen molar-refractivity contribution in [2.45, 2.75) is 96.9 Å². The maximum Gasteiger partial charge on any atom is 0.189 e. The third kappa shape index (κ3) is 4.54. The van der Waals surface area contributed by atoms with Crippen LogP contribution in [0.1, 0.15) is 86.6 Å². The molecule has 1 unspecified atom stereocenters. The largest absolute Gasteiger partial charge is 0.507 e. The maximum absolute atomic E-state index is 13.7. The number of aromatic hydroxyl groups is 2. The van der Waals surface area contributed by atoms with Gasteiger partial charge in [0.25, 0.3) is 0 Å². The molecule has 8 nitrogen and oxygen atoms in total. The van der Waals surface area contributed by atoms with Crippen LogP contribution in [0.4, 0.5) is 0 Å². The van der Waals surface area contributed by atoms with E-state index in [4.69, 9.17) is 9.47 Å². The standard InChI is InChI=1S/C25H36O8/c1-6-8-15(17-11-18(27)25(24(31)32-17)19(7-2)33-25)22(29)16-10-14(9-12(3)4)21(28)20(13(5)26)23(16)30/h10,12,15,17-19,24,27-28,30-31H,6-9,11H2,1-5H3/t15?,17-,18-,19+,24-,25+/m1/s1. The number of hydrogen-bond donors (Lipinski definition) is 4. The molecular weight excluding hydrogens is 428 g/mol. The quantitative estimate of drug-likeness (QED) is 0.323. The van der Waals surface area contributed by atoms with E-state index in [1.54, 1.807) is 0 Å². The number of aliphatic hydroxyl groups excluding tert-OH is 2. The number of aliphatic hydroxyl groups is 2. The van der Waals surface area contributed by atoms with E-state index in [0.717, 1.165) is 0 Å². The number of phenolic OH excluding ortho intramolecular Hbond substituents is 2. The first-order chi connectivity index (χ1) is 15.5. The molecule has 8 heteroatoms. The summed E-state index contributed by atoms with van der Waals surface area (Å²) >= 11 is 0. The van der Waals surface area contributed by atoms with E-state index < -0.39 is 47.3 Å². The number of carbonyl (C=O) groups is 2. The zero-order chi connectivity index (χ0) is 24.7. The van der Waals surface area contributed by atoms with Gasteiger partial charge in [-0.1, -0.05) is 34.1 Å². The number of carbonyl (C=O) groups excluding carboxylic acids is 2. The summed E-state index contributed by atoms with van der Waals surface area (Å²) in [5, 5.41) is 42.7. The van der Waals surface area contributed by atoms with Crippen molar-refractivity contribution in [2.75, 3.05) is 0 Å². The molecule has 2 saturated heterocycles. The Morgan fingerprint density at radius 2 is 1.85 bits per heavy atom. The second kappa shape index (κ2) is 9.70. The first-order valence-corrected chi connectivity index (χ1v) is 11.8. The van der Waals surface area contributed by atoms with Gasteiger partial charge < -0.3 is 29.9 Å². The third-order valence-corrected chi connectivity index (χ3v) is 6.81. The summed E-state index contributed by atoms with van der Waals surface area (Å²) < 4.78 is 11.4. The minimum Gasteiger partial charge on any atom is -0.507 e. The average molecular weight is 465 g/mol. The highest BCUT2D eigenvalue weighted by Crippen LogP contribution is 2.50. The molecule has 2 fully saturated rings. The van der Waals surface area contributed by atoms with Gasteiger partial charge >= 0.3 is 0 Å². The summed E-state index contributed by atoms with van der Waals surface area (Å²) in [6.45, 7) is 8.90. The number of ether oxygens (including phenoxy) is 2. The molecule has 0 aromatic heterocycles. The Hall–Kier alpha value is -2.00. The summed E-state index contributed by atoms with van der Waals surface area (Å²) in [6.07, 6.45) is -1.32. The van der Waals surface area contributed by atoms with Crippen LogP contribution < -0.4 is 0 Å². The van der Waals surface area contributed by atoms with Crippen LogP contribution in [0, 0.1) is 11.8 Å². The topological polar surface area (TPSA) is 137 Å². The fourth-order valence-corrected chi connectivity index (χ4v) is 5.11. The summed E-state index contributed by atoms with van der Waals surface area (Å²) in [4.78, 5) is 25.8. The fourth-order valence-electron chi connectivity index (χ4n) is 5.11. The highest BCUT2D eigenvalue weighted by molar-refractivity contribution is 6.07. The molecule has 2 heterocycles. The van der Waals surface area contributed by atoms with E-state index >= 15 is 0 Å². The molecule has 0 aliphatic carbocycles. The van der Waals surface area contributed by atoms with Crippen LogP contribution in [0.2, 0.25) is 0 Å². The molecule has 33 heavy (non-hydrogen) atoms. The van der Waals surface area contributed by atoms with Crippen LogP contribution in [-0.2, 0) is 15.9 Å². The highest BCUT2D eigenvalue weighted by atomic mass is 16.7. The number of hydrogen-bond acceptors (Lipinski definition) is 8. The lowest BCUT2D eigenvalue weighted by atomic mass is 9.80. The van der Waals surface area contributed by atoms with Crippen molar-refractivity contribution in [3.8, 4) is 11.5 Å². The second-order valence-corrected chi connectivity index (χ2v) is 9.72. The molecule has 2 aliphatic rings. The van der Waals surface area contributed by atoms with Gasteiger partial charge in [-0.15, -0.1) is 0 Å². The Bertz CT molecular complexity index is 896. The zero-order valence-corrected chi connectivity index (χ0v) is 20.0. The molecule has 1 aromatic rings. The minimum absolute atomic E-state index is 0.0610. The van der Waals surface area contributed by atoms with Crippen LogP contribution in [0.25, 0.3) is 0 Å². The lowest BCUT2D eigenvalue weighted by Gasteiger charge is -2.39. The second-order valence-electron chi connectivity index (χ2n) is 9.72. The normalized spacial score (nSPS) is 29.9. The van der Waals surface area contributed by atoms with Gasteiger partial charge in [-0.2, -0.15) is 0 Å². The van der Waals surface area contributed by atoms with Gasteiger partial charge in [-0.25, -0.2) is 0 Å². The Balaban J connectivity index is 1.97. The fraction of sp³-hybridized carbons (Fsp3) is 0.680. The number of benzene rings is 1. The summed E-state index contributed by atoms with van der Waals surface area (Å²) in [7, 11) is 0. The van der Waals surface area contributed by atoms with Gasteiger partial charge in [-0.3, -0.25) is 9.59 Å². The van der Waals surface area contributed by atoms with E-state index in [2.05, 4.69) is 0 Å². The van der Waals surface area contributed by atoms with Crippen molar-refractivity contribution in [2.24, 2.45) is 11.8 Å². The third-order valence-electron chi connectivity index (χ3n) is 6.81. The molecule has 0 amide bonds. The first-order valence-electron chi connectivity index (χ1n) is 11.8. The van der Waals surface area contributed by atoms with Crippen LogP contribution in [0.15, 0.2) is 6.07 Å². The summed E-state index contributed by atoms with van der Waals surface area (Å²) in [6, 6.07) is 1.44. The van der Waals surface area contributed by atoms with Crippen molar-refractivity contribution in [1.29, 1.82) is 0 Å². The van der Waals surface area contributed by atoms with E-state index in [0.29, 0.717) is 31.2 Å². The molecule has 3 rings (SSSR count). The van der Waals surface area contributed by atoms with Crippen LogP contribution in [0.3, 0.4) is 0 Å². The summed E-state index contributed by atoms with van der Waals surface area (Å²) in [5.74, 6) is -2.49. The van der Waals surface area contributed by atoms with Crippen LogP contribution in [-0.4, -0.2) is 62.2 Å². The van der Waals surface area contributed by atoms with Gasteiger partial charge in [0.15, 0.2) is 23.5 Å². The molecule has 2 aliphatic heterocycles. The van der Waals surface area contributed by atoms with Crippen molar-refractivity contribution in [3.05, 3.63) is 22.8 Å². The predicted octanol–water partition coefficient (Wildman–Crippen LogP) is 3.11. The molecule has 0 radical (unpaired) electrons.